The van der Waals surface area contributed by atoms with Crippen molar-refractivity contribution in [2.45, 2.75) is 24.5 Å². The quantitative estimate of drug-likeness (QED) is 0.479. The lowest BCUT2D eigenvalue weighted by Gasteiger charge is -2.15. The predicted molar refractivity (Wildman–Crippen MR) is 76.8 cm³/mol. The van der Waals surface area contributed by atoms with Crippen LogP contribution in [0.25, 0.3) is 0 Å². The van der Waals surface area contributed by atoms with Crippen molar-refractivity contribution in [3.8, 4) is 0 Å². The number of carboxylic acid groups (broad SMARTS) is 1. The zero-order valence-electron chi connectivity index (χ0n) is 11.9. The fourth-order valence-electron chi connectivity index (χ4n) is 1.70. The minimum absolute atomic E-state index is 0.0496. The molecule has 9 heteroatoms. The molecule has 1 rings (SSSR count). The lowest BCUT2D eigenvalue weighted by atomic mass is 10.2. The van der Waals surface area contributed by atoms with Crippen molar-refractivity contribution in [2.75, 3.05) is 19.9 Å². The van der Waals surface area contributed by atoms with Crippen LogP contribution in [0, 0.1) is 6.92 Å². The molecular weight excluding hydrogens is 298 g/mol. The number of carboxylic acids is 1. The molecule has 1 atom stereocenters. The van der Waals surface area contributed by atoms with Crippen molar-refractivity contribution in [1.29, 1.82) is 0 Å². The second kappa shape index (κ2) is 7.79. The Morgan fingerprint density at radius 1 is 1.52 bits per heavy atom. The van der Waals surface area contributed by atoms with Crippen LogP contribution in [0.3, 0.4) is 0 Å². The molecule has 0 saturated heterocycles. The van der Waals surface area contributed by atoms with Gasteiger partial charge in [-0.3, -0.25) is 9.59 Å². The Balaban J connectivity index is 2.85. The predicted octanol–water partition coefficient (Wildman–Crippen LogP) is 0.0197. The molecule has 0 fully saturated rings. The average Bonchev–Trinajstić information content (AvgIpc) is 2.41. The summed E-state index contributed by atoms with van der Waals surface area (Å²) in [6.45, 7) is 1.65. The Morgan fingerprint density at radius 3 is 2.71 bits per heavy atom. The summed E-state index contributed by atoms with van der Waals surface area (Å²) in [4.78, 5) is 40.3. The SMILES string of the molecule is COC(CNC(=O)c1c(SC)nc(=O)[nH]c1C)CC(=O)O. The second-order valence-electron chi connectivity index (χ2n) is 4.22. The van der Waals surface area contributed by atoms with Crippen LogP contribution in [-0.2, 0) is 9.53 Å². The third kappa shape index (κ3) is 4.87. The fourth-order valence-corrected chi connectivity index (χ4v) is 2.33. The third-order valence-corrected chi connectivity index (χ3v) is 3.41. The van der Waals surface area contributed by atoms with Crippen LogP contribution >= 0.6 is 11.8 Å². The summed E-state index contributed by atoms with van der Waals surface area (Å²) < 4.78 is 4.98. The topological polar surface area (TPSA) is 121 Å². The van der Waals surface area contributed by atoms with Gasteiger partial charge in [0, 0.05) is 19.3 Å². The lowest BCUT2D eigenvalue weighted by molar-refractivity contribution is -0.139. The van der Waals surface area contributed by atoms with E-state index >= 15 is 0 Å². The van der Waals surface area contributed by atoms with Crippen LogP contribution < -0.4 is 11.0 Å². The van der Waals surface area contributed by atoms with Gasteiger partial charge in [-0.15, -0.1) is 11.8 Å². The molecule has 1 heterocycles. The van der Waals surface area contributed by atoms with Crippen molar-refractivity contribution in [2.24, 2.45) is 0 Å². The zero-order valence-corrected chi connectivity index (χ0v) is 12.7. The van der Waals surface area contributed by atoms with E-state index in [1.165, 1.54) is 18.9 Å². The van der Waals surface area contributed by atoms with E-state index in [0.717, 1.165) is 0 Å². The Bertz CT molecular complexity index is 587. The molecule has 1 aromatic heterocycles. The van der Waals surface area contributed by atoms with E-state index < -0.39 is 23.7 Å². The summed E-state index contributed by atoms with van der Waals surface area (Å²) in [7, 11) is 1.37. The summed E-state index contributed by atoms with van der Waals surface area (Å²) in [5, 5.41) is 11.6. The molecular formula is C12H17N3O5S. The summed E-state index contributed by atoms with van der Waals surface area (Å²) >= 11 is 1.19. The molecule has 0 aliphatic rings. The molecule has 0 saturated carbocycles. The van der Waals surface area contributed by atoms with Crippen LogP contribution in [0.2, 0.25) is 0 Å². The van der Waals surface area contributed by atoms with Crippen molar-refractivity contribution in [1.82, 2.24) is 15.3 Å². The van der Waals surface area contributed by atoms with E-state index in [2.05, 4.69) is 15.3 Å². The van der Waals surface area contributed by atoms with Crippen LogP contribution in [-0.4, -0.2) is 53.0 Å². The smallest absolute Gasteiger partial charge is 0.346 e. The number of aromatic amines is 1. The molecule has 0 aliphatic carbocycles. The molecule has 1 unspecified atom stereocenters. The van der Waals surface area contributed by atoms with E-state index in [-0.39, 0.29) is 18.5 Å². The number of aliphatic carboxylic acids is 1. The number of ether oxygens (including phenoxy) is 1. The first-order valence-corrected chi connectivity index (χ1v) is 7.29. The van der Waals surface area contributed by atoms with Gasteiger partial charge in [0.15, 0.2) is 0 Å². The number of rotatable bonds is 7. The third-order valence-electron chi connectivity index (χ3n) is 2.73. The van der Waals surface area contributed by atoms with E-state index in [9.17, 15) is 14.4 Å². The minimum atomic E-state index is -1.01. The first kappa shape index (κ1) is 17.2. The highest BCUT2D eigenvalue weighted by Gasteiger charge is 2.19. The molecule has 8 nitrogen and oxygen atoms in total. The first-order valence-electron chi connectivity index (χ1n) is 6.06. The molecule has 116 valence electrons. The Labute approximate surface area is 125 Å². The molecule has 3 N–H and O–H groups in total. The number of nitrogens with zero attached hydrogens (tertiary/aromatic N) is 1. The number of hydrogen-bond donors (Lipinski definition) is 3. The second-order valence-corrected chi connectivity index (χ2v) is 5.01. The minimum Gasteiger partial charge on any atom is -0.481 e. The Kier molecular flexibility index (Phi) is 6.38. The number of carbonyl (C=O) groups excluding carboxylic acids is 1. The number of hydrogen-bond acceptors (Lipinski definition) is 6. The van der Waals surface area contributed by atoms with Crippen LogP contribution in [0.15, 0.2) is 9.82 Å². The molecule has 21 heavy (non-hydrogen) atoms. The number of nitrogens with one attached hydrogen (secondary N) is 2. The summed E-state index contributed by atoms with van der Waals surface area (Å²) in [5.41, 5.74) is 0.158. The van der Waals surface area contributed by atoms with Gasteiger partial charge in [-0.05, 0) is 13.2 Å². The molecule has 0 bridgehead atoms. The maximum absolute atomic E-state index is 12.2. The van der Waals surface area contributed by atoms with Gasteiger partial charge in [-0.2, -0.15) is 4.98 Å². The number of H-pyrrole nitrogens is 1. The van der Waals surface area contributed by atoms with Gasteiger partial charge in [-0.25, -0.2) is 4.79 Å². The highest BCUT2D eigenvalue weighted by atomic mass is 32.2. The van der Waals surface area contributed by atoms with Gasteiger partial charge in [-0.1, -0.05) is 0 Å². The van der Waals surface area contributed by atoms with E-state index in [1.54, 1.807) is 13.2 Å². The largest absolute Gasteiger partial charge is 0.481 e. The Hall–Kier alpha value is -1.87. The lowest BCUT2D eigenvalue weighted by Crippen LogP contribution is -2.35. The van der Waals surface area contributed by atoms with Crippen molar-refractivity contribution < 1.29 is 19.4 Å². The molecule has 1 aromatic rings. The number of methoxy groups -OCH3 is 1. The van der Waals surface area contributed by atoms with Gasteiger partial charge in [0.05, 0.1) is 18.1 Å². The fraction of sp³-hybridized carbons (Fsp3) is 0.500. The first-order chi connectivity index (χ1) is 9.88. The molecule has 0 aliphatic heterocycles. The average molecular weight is 315 g/mol. The summed E-state index contributed by atoms with van der Waals surface area (Å²) in [6, 6.07) is 0. The van der Waals surface area contributed by atoms with Crippen molar-refractivity contribution in [3.63, 3.8) is 0 Å². The van der Waals surface area contributed by atoms with Gasteiger partial charge >= 0.3 is 11.7 Å². The highest BCUT2D eigenvalue weighted by Crippen LogP contribution is 2.17. The normalized spacial score (nSPS) is 12.0. The van der Waals surface area contributed by atoms with Crippen LogP contribution in [0.5, 0.6) is 0 Å². The number of carbonyl (C=O) groups is 2. The van der Waals surface area contributed by atoms with Crippen LogP contribution in [0.1, 0.15) is 22.5 Å². The van der Waals surface area contributed by atoms with Gasteiger partial charge < -0.3 is 20.1 Å². The number of aromatic nitrogens is 2. The van der Waals surface area contributed by atoms with Gasteiger partial charge in [0.2, 0.25) is 0 Å². The maximum Gasteiger partial charge on any atom is 0.346 e. The van der Waals surface area contributed by atoms with Crippen molar-refractivity contribution >= 4 is 23.6 Å². The molecule has 0 spiro atoms. The van der Waals surface area contributed by atoms with E-state index in [1.807, 2.05) is 0 Å². The van der Waals surface area contributed by atoms with E-state index in [0.29, 0.717) is 10.7 Å². The molecule has 0 aromatic carbocycles. The van der Waals surface area contributed by atoms with E-state index in [4.69, 9.17) is 9.84 Å². The molecule has 1 amide bonds. The van der Waals surface area contributed by atoms with Gasteiger partial charge in [0.1, 0.15) is 5.03 Å². The summed E-state index contributed by atoms with van der Waals surface area (Å²) in [5.74, 6) is -1.45. The van der Waals surface area contributed by atoms with Crippen molar-refractivity contribution in [3.05, 3.63) is 21.7 Å². The van der Waals surface area contributed by atoms with Crippen LogP contribution in [0.4, 0.5) is 0 Å². The monoisotopic (exact) mass is 315 g/mol. The number of thioether (sulfide) groups is 1. The zero-order chi connectivity index (χ0) is 16.0. The van der Waals surface area contributed by atoms with Gasteiger partial charge in [0.25, 0.3) is 5.91 Å². The maximum atomic E-state index is 12.2. The standard InChI is InChI=1S/C12H17N3O5S/c1-6-9(11(21-3)15-12(19)14-6)10(18)13-5-7(20-2)4-8(16)17/h7H,4-5H2,1-3H3,(H,13,18)(H,16,17)(H,14,15,19). The molecule has 0 radical (unpaired) electrons. The highest BCUT2D eigenvalue weighted by molar-refractivity contribution is 7.98. The number of aryl methyl sites for hydroxylation is 1. The number of amides is 1. The Morgan fingerprint density at radius 2 is 2.19 bits per heavy atom. The summed E-state index contributed by atoms with van der Waals surface area (Å²) in [6.07, 6.45) is 0.871.